The second kappa shape index (κ2) is 15.9. The maximum atomic E-state index is 13.7. The summed E-state index contributed by atoms with van der Waals surface area (Å²) in [5.74, 6) is -3.29. The van der Waals surface area contributed by atoms with Gasteiger partial charge in [0.15, 0.2) is 18.0 Å². The van der Waals surface area contributed by atoms with Crippen LogP contribution in [0.3, 0.4) is 0 Å². The third-order valence-electron chi connectivity index (χ3n) is 10.4. The van der Waals surface area contributed by atoms with Crippen LogP contribution in [0.25, 0.3) is 0 Å². The van der Waals surface area contributed by atoms with Crippen LogP contribution >= 0.6 is 0 Å². The van der Waals surface area contributed by atoms with E-state index >= 15 is 0 Å². The lowest BCUT2D eigenvalue weighted by Crippen LogP contribution is -2.60. The molecule has 3 fully saturated rings. The lowest BCUT2D eigenvalue weighted by molar-refractivity contribution is -0.301. The molecule has 13 nitrogen and oxygen atoms in total. The van der Waals surface area contributed by atoms with Gasteiger partial charge in [0.2, 0.25) is 0 Å². The van der Waals surface area contributed by atoms with Gasteiger partial charge in [-0.1, -0.05) is 45.5 Å². The molecule has 270 valence electrons. The maximum absolute atomic E-state index is 13.7. The fourth-order valence-electron chi connectivity index (χ4n) is 7.55. The first-order chi connectivity index (χ1) is 21.9. The van der Waals surface area contributed by atoms with Crippen molar-refractivity contribution in [2.24, 2.45) is 28.8 Å². The highest BCUT2D eigenvalue weighted by atomic mass is 16.8. The van der Waals surface area contributed by atoms with Gasteiger partial charge in [-0.15, -0.1) is 0 Å². The monoisotopic (exact) mass is 670 g/mol. The number of oxime groups is 1. The van der Waals surface area contributed by atoms with Crippen LogP contribution in [-0.2, 0) is 38.1 Å². The zero-order valence-electron chi connectivity index (χ0n) is 30.0. The molecule has 3 rings (SSSR count). The number of likely N-dealkylation sites (N-methyl/N-ethyl adjacent to an activating group) is 1. The predicted octanol–water partition coefficient (Wildman–Crippen LogP) is 3.69. The van der Waals surface area contributed by atoms with E-state index in [-0.39, 0.29) is 24.7 Å². The Morgan fingerprint density at radius 1 is 1.06 bits per heavy atom. The molecule has 0 aromatic carbocycles. The summed E-state index contributed by atoms with van der Waals surface area (Å²) >= 11 is 0. The molecule has 3 heterocycles. The Morgan fingerprint density at radius 3 is 2.30 bits per heavy atom. The summed E-state index contributed by atoms with van der Waals surface area (Å²) in [7, 11) is 5.34. The number of ether oxygens (including phenoxy) is 6. The topological polar surface area (TPSA) is 155 Å². The Bertz CT molecular complexity index is 1120. The van der Waals surface area contributed by atoms with Crippen molar-refractivity contribution in [3.63, 3.8) is 0 Å². The first-order valence-electron chi connectivity index (χ1n) is 16.7. The van der Waals surface area contributed by atoms with E-state index in [1.54, 1.807) is 34.0 Å². The number of nitrogens with zero attached hydrogens (tertiary/aromatic N) is 2. The highest BCUT2D eigenvalue weighted by Crippen LogP contribution is 2.42. The number of methoxy groups -OCH3 is 1. The minimum atomic E-state index is -1.36. The van der Waals surface area contributed by atoms with Gasteiger partial charge in [-0.3, -0.25) is 4.79 Å². The van der Waals surface area contributed by atoms with Gasteiger partial charge in [0, 0.05) is 30.9 Å². The number of cyclic esters (lactones) is 1. The molecular formula is C34H58N2O11. The number of carbonyl (C=O) groups is 2. The molecule has 0 bridgehead atoms. The molecule has 0 saturated carbocycles. The van der Waals surface area contributed by atoms with Gasteiger partial charge in [-0.05, 0) is 61.1 Å². The van der Waals surface area contributed by atoms with Crippen molar-refractivity contribution < 1.29 is 53.1 Å². The van der Waals surface area contributed by atoms with Crippen LogP contribution in [0.5, 0.6) is 0 Å². The number of carbonyl (C=O) groups excluding carboxylic acids is 2. The second-order valence-corrected chi connectivity index (χ2v) is 14.2. The molecule has 3 aliphatic heterocycles. The average Bonchev–Trinajstić information content (AvgIpc) is 3.33. The standard InChI is InChI=1S/C34H58N2O11/c1-13-15-42-35-25-18(3)17-33(8,41-12)28(45-31-27(38)23(36(10)11)16-19(4)43-31)21(6)26(37)22(7)30(39)44-24(14-2)34(9)29(20(25)5)46-32(40)47-34/h13,18-24,26-29,31,37-38H,1,14-17H2,2-12H3/b35-25+/t18-,19-,20+,21+,22-,23+,24-,26+,27-,28-,29-,31+,33-,34-/m1/s1. The first-order valence-corrected chi connectivity index (χ1v) is 16.7. The van der Waals surface area contributed by atoms with Crippen LogP contribution in [0.2, 0.25) is 0 Å². The number of esters is 1. The zero-order valence-corrected chi connectivity index (χ0v) is 30.0. The van der Waals surface area contributed by atoms with Crippen LogP contribution in [0.1, 0.15) is 74.7 Å². The molecule has 2 N–H and O–H groups in total. The van der Waals surface area contributed by atoms with Crippen molar-refractivity contribution in [2.45, 2.75) is 135 Å². The van der Waals surface area contributed by atoms with E-state index in [2.05, 4.69) is 11.7 Å². The predicted molar refractivity (Wildman–Crippen MR) is 174 cm³/mol. The van der Waals surface area contributed by atoms with Gasteiger partial charge >= 0.3 is 12.1 Å². The quantitative estimate of drug-likeness (QED) is 0.168. The lowest BCUT2D eigenvalue weighted by atomic mass is 9.73. The molecule has 0 aromatic rings. The van der Waals surface area contributed by atoms with E-state index < -0.39 is 77.9 Å². The third kappa shape index (κ3) is 8.30. The third-order valence-corrected chi connectivity index (χ3v) is 10.4. The molecule has 0 amide bonds. The Kier molecular flexibility index (Phi) is 13.3. The number of hydrogen-bond donors (Lipinski definition) is 2. The van der Waals surface area contributed by atoms with E-state index in [1.807, 2.05) is 53.6 Å². The number of aliphatic hydroxyl groups excluding tert-OH is 2. The van der Waals surface area contributed by atoms with Crippen LogP contribution in [0.4, 0.5) is 4.79 Å². The first kappa shape index (κ1) is 39.2. The van der Waals surface area contributed by atoms with Gasteiger partial charge in [-0.2, -0.15) is 0 Å². The van der Waals surface area contributed by atoms with E-state index in [9.17, 15) is 19.8 Å². The van der Waals surface area contributed by atoms with Crippen molar-refractivity contribution >= 4 is 17.8 Å². The normalized spacial score (nSPS) is 44.6. The maximum Gasteiger partial charge on any atom is 0.509 e. The average molecular weight is 671 g/mol. The highest BCUT2D eigenvalue weighted by molar-refractivity contribution is 5.89. The molecular weight excluding hydrogens is 612 g/mol. The molecule has 3 aliphatic rings. The Labute approximate surface area is 279 Å². The summed E-state index contributed by atoms with van der Waals surface area (Å²) in [6, 6.07) is -0.234. The minimum absolute atomic E-state index is 0.146. The summed E-state index contributed by atoms with van der Waals surface area (Å²) in [5.41, 5.74) is -1.93. The van der Waals surface area contributed by atoms with Crippen molar-refractivity contribution in [3.05, 3.63) is 12.7 Å². The minimum Gasteiger partial charge on any atom is -0.458 e. The molecule has 0 aromatic heterocycles. The van der Waals surface area contributed by atoms with Crippen LogP contribution in [0.15, 0.2) is 17.8 Å². The SMILES string of the molecule is C=CCO/N=C1\[C@H](C)C[C@@](C)(OC)[C@H](O[C@@H]2O[C@H](C)C[C@H](N(C)C)[C@H]2O)[C@@H](C)[C@H](O)[C@@H](C)C(=O)O[C@H](CC)[C@@]2(C)OC(=O)O[C@@H]2[C@H]1C. The number of aliphatic hydroxyl groups is 2. The Morgan fingerprint density at radius 2 is 1.72 bits per heavy atom. The number of fused-ring (bicyclic) bond motifs is 1. The van der Waals surface area contributed by atoms with Crippen LogP contribution in [-0.4, -0.2) is 121 Å². The van der Waals surface area contributed by atoms with E-state index in [1.165, 1.54) is 0 Å². The van der Waals surface area contributed by atoms with Crippen molar-refractivity contribution in [3.8, 4) is 0 Å². The smallest absolute Gasteiger partial charge is 0.458 e. The summed E-state index contributed by atoms with van der Waals surface area (Å²) in [5, 5.41) is 27.6. The molecule has 0 aliphatic carbocycles. The molecule has 0 spiro atoms. The van der Waals surface area contributed by atoms with Gasteiger partial charge in [-0.25, -0.2) is 4.79 Å². The molecule has 3 saturated heterocycles. The summed E-state index contributed by atoms with van der Waals surface area (Å²) in [4.78, 5) is 33.9. The lowest BCUT2D eigenvalue weighted by Gasteiger charge is -2.48. The van der Waals surface area contributed by atoms with Crippen molar-refractivity contribution in [2.75, 3.05) is 27.8 Å². The molecule has 14 atom stereocenters. The van der Waals surface area contributed by atoms with Gasteiger partial charge in [0.1, 0.15) is 18.8 Å². The van der Waals surface area contributed by atoms with Gasteiger partial charge < -0.3 is 48.4 Å². The largest absolute Gasteiger partial charge is 0.509 e. The summed E-state index contributed by atoms with van der Waals surface area (Å²) < 4.78 is 36.5. The van der Waals surface area contributed by atoms with E-state index in [0.717, 1.165) is 0 Å². The summed E-state index contributed by atoms with van der Waals surface area (Å²) in [6.45, 7) is 18.3. The van der Waals surface area contributed by atoms with Crippen LogP contribution < -0.4 is 0 Å². The van der Waals surface area contributed by atoms with Crippen molar-refractivity contribution in [1.29, 1.82) is 0 Å². The summed E-state index contributed by atoms with van der Waals surface area (Å²) in [6.07, 6.45) is -4.26. The molecule has 47 heavy (non-hydrogen) atoms. The zero-order chi connectivity index (χ0) is 35.4. The Balaban J connectivity index is 2.17. The molecule has 0 unspecified atom stereocenters. The van der Waals surface area contributed by atoms with E-state index in [0.29, 0.717) is 25.0 Å². The van der Waals surface area contributed by atoms with E-state index in [4.69, 9.17) is 33.3 Å². The molecule has 0 radical (unpaired) electrons. The second-order valence-electron chi connectivity index (χ2n) is 14.2. The Hall–Kier alpha value is -2.29. The van der Waals surface area contributed by atoms with Crippen LogP contribution in [0, 0.1) is 23.7 Å². The number of rotatable bonds is 8. The van der Waals surface area contributed by atoms with Crippen molar-refractivity contribution in [1.82, 2.24) is 4.90 Å². The van der Waals surface area contributed by atoms with Gasteiger partial charge in [0.05, 0.1) is 35.5 Å². The van der Waals surface area contributed by atoms with Gasteiger partial charge in [0.25, 0.3) is 0 Å². The highest BCUT2D eigenvalue weighted by Gasteiger charge is 2.58. The molecule has 13 heteroatoms. The fourth-order valence-corrected chi connectivity index (χ4v) is 7.55. The number of hydrogen-bond acceptors (Lipinski definition) is 13. The fraction of sp³-hybridized carbons (Fsp3) is 0.853.